The molecule has 2 amide bonds. The van der Waals surface area contributed by atoms with Gasteiger partial charge in [-0.2, -0.15) is 0 Å². The fourth-order valence-electron chi connectivity index (χ4n) is 3.01. The maximum absolute atomic E-state index is 12.5. The second kappa shape index (κ2) is 8.96. The Labute approximate surface area is 171 Å². The van der Waals surface area contributed by atoms with Crippen molar-refractivity contribution in [1.29, 1.82) is 0 Å². The van der Waals surface area contributed by atoms with E-state index in [1.807, 2.05) is 50.2 Å². The van der Waals surface area contributed by atoms with Crippen molar-refractivity contribution >= 4 is 17.5 Å². The molecular formula is C22H27N3O4. The van der Waals surface area contributed by atoms with Crippen LogP contribution in [-0.4, -0.2) is 43.1 Å². The monoisotopic (exact) mass is 397 g/mol. The molecule has 29 heavy (non-hydrogen) atoms. The van der Waals surface area contributed by atoms with Gasteiger partial charge in [-0.1, -0.05) is 18.2 Å². The zero-order valence-corrected chi connectivity index (χ0v) is 17.2. The molecule has 0 radical (unpaired) electrons. The molecule has 0 aliphatic carbocycles. The van der Waals surface area contributed by atoms with Gasteiger partial charge in [0.15, 0.2) is 11.5 Å². The van der Waals surface area contributed by atoms with Gasteiger partial charge in [-0.25, -0.2) is 0 Å². The minimum absolute atomic E-state index is 0.117. The maximum Gasteiger partial charge on any atom is 0.238 e. The topological polar surface area (TPSA) is 79.9 Å². The lowest BCUT2D eigenvalue weighted by atomic mass is 10.1. The Balaban J connectivity index is 1.49. The van der Waals surface area contributed by atoms with Gasteiger partial charge in [0.2, 0.25) is 18.6 Å². The van der Waals surface area contributed by atoms with Crippen molar-refractivity contribution < 1.29 is 19.1 Å². The Bertz CT molecular complexity index is 913. The van der Waals surface area contributed by atoms with Gasteiger partial charge in [-0.3, -0.25) is 14.5 Å². The van der Waals surface area contributed by atoms with E-state index in [0.717, 1.165) is 22.4 Å². The van der Waals surface area contributed by atoms with Gasteiger partial charge in [0.1, 0.15) is 0 Å². The first kappa shape index (κ1) is 20.7. The predicted octanol–water partition coefficient (Wildman–Crippen LogP) is 2.61. The summed E-state index contributed by atoms with van der Waals surface area (Å²) in [7, 11) is 1.76. The van der Waals surface area contributed by atoms with Crippen LogP contribution in [0, 0.1) is 13.8 Å². The van der Waals surface area contributed by atoms with Crippen LogP contribution in [0.2, 0.25) is 0 Å². The molecule has 3 rings (SSSR count). The van der Waals surface area contributed by atoms with E-state index in [1.165, 1.54) is 0 Å². The number of carbonyl (C=O) groups excluding carboxylic acids is 2. The van der Waals surface area contributed by atoms with Crippen molar-refractivity contribution in [3.63, 3.8) is 0 Å². The summed E-state index contributed by atoms with van der Waals surface area (Å²) in [5.41, 5.74) is 3.80. The lowest BCUT2D eigenvalue weighted by molar-refractivity contribution is -0.126. The number of fused-ring (bicyclic) bond motifs is 1. The van der Waals surface area contributed by atoms with Crippen LogP contribution in [0.3, 0.4) is 0 Å². The number of nitrogens with one attached hydrogen (secondary N) is 2. The molecule has 1 aliphatic heterocycles. The van der Waals surface area contributed by atoms with Crippen LogP contribution in [-0.2, 0) is 16.1 Å². The van der Waals surface area contributed by atoms with Gasteiger partial charge in [0, 0.05) is 12.2 Å². The number of hydrogen-bond acceptors (Lipinski definition) is 5. The molecule has 0 fully saturated rings. The zero-order valence-electron chi connectivity index (χ0n) is 17.2. The number of benzene rings is 2. The Hall–Kier alpha value is -3.06. The fourth-order valence-corrected chi connectivity index (χ4v) is 3.01. The standard InChI is InChI=1S/C22H27N3O4/c1-14-5-6-15(2)18(9-14)24-21(26)12-25(4)16(3)22(27)23-11-17-7-8-19-20(10-17)29-13-28-19/h5-10,16H,11-13H2,1-4H3,(H,23,27)(H,24,26). The predicted molar refractivity (Wildman–Crippen MR) is 111 cm³/mol. The molecule has 0 saturated carbocycles. The summed E-state index contributed by atoms with van der Waals surface area (Å²) in [5.74, 6) is 1.09. The Morgan fingerprint density at radius 1 is 1.10 bits per heavy atom. The fraction of sp³-hybridized carbons (Fsp3) is 0.364. The smallest absolute Gasteiger partial charge is 0.238 e. The van der Waals surface area contributed by atoms with E-state index in [9.17, 15) is 9.59 Å². The Kier molecular flexibility index (Phi) is 6.39. The van der Waals surface area contributed by atoms with Crippen LogP contribution in [0.4, 0.5) is 5.69 Å². The number of rotatable bonds is 7. The maximum atomic E-state index is 12.5. The van der Waals surface area contributed by atoms with Gasteiger partial charge in [0.05, 0.1) is 12.6 Å². The highest BCUT2D eigenvalue weighted by molar-refractivity contribution is 5.93. The summed E-state index contributed by atoms with van der Waals surface area (Å²) in [6.45, 7) is 6.42. The molecule has 1 aliphatic rings. The number of hydrogen-bond donors (Lipinski definition) is 2. The first-order valence-electron chi connectivity index (χ1n) is 9.57. The molecule has 154 valence electrons. The number of ether oxygens (including phenoxy) is 2. The minimum atomic E-state index is -0.451. The SMILES string of the molecule is Cc1ccc(C)c(NC(=O)CN(C)C(C)C(=O)NCc2ccc3c(c2)OCO3)c1. The van der Waals surface area contributed by atoms with Crippen LogP contribution in [0.25, 0.3) is 0 Å². The normalized spacial score (nSPS) is 13.3. The highest BCUT2D eigenvalue weighted by Crippen LogP contribution is 2.32. The van der Waals surface area contributed by atoms with Crippen molar-refractivity contribution in [2.24, 2.45) is 0 Å². The Morgan fingerprint density at radius 3 is 2.66 bits per heavy atom. The molecule has 0 spiro atoms. The Morgan fingerprint density at radius 2 is 1.86 bits per heavy atom. The summed E-state index contributed by atoms with van der Waals surface area (Å²) in [6, 6.07) is 11.0. The van der Waals surface area contributed by atoms with Gasteiger partial charge >= 0.3 is 0 Å². The van der Waals surface area contributed by atoms with Gasteiger partial charge < -0.3 is 20.1 Å². The molecule has 0 aromatic heterocycles. The molecule has 2 aromatic carbocycles. The molecule has 0 bridgehead atoms. The average Bonchev–Trinajstić information content (AvgIpc) is 3.16. The first-order valence-corrected chi connectivity index (χ1v) is 9.57. The van der Waals surface area contributed by atoms with Gasteiger partial charge in [0.25, 0.3) is 0 Å². The zero-order chi connectivity index (χ0) is 21.0. The summed E-state index contributed by atoms with van der Waals surface area (Å²) in [5, 5.41) is 5.82. The summed E-state index contributed by atoms with van der Waals surface area (Å²) < 4.78 is 10.6. The molecule has 2 N–H and O–H groups in total. The third-order valence-corrected chi connectivity index (χ3v) is 5.00. The number of likely N-dealkylation sites (N-methyl/N-ethyl adjacent to an activating group) is 1. The molecule has 1 unspecified atom stereocenters. The van der Waals surface area contributed by atoms with Crippen LogP contribution in [0.15, 0.2) is 36.4 Å². The second-order valence-corrected chi connectivity index (χ2v) is 7.36. The second-order valence-electron chi connectivity index (χ2n) is 7.36. The summed E-state index contributed by atoms with van der Waals surface area (Å²) in [4.78, 5) is 26.6. The lowest BCUT2D eigenvalue weighted by Gasteiger charge is -2.23. The van der Waals surface area contributed by atoms with E-state index >= 15 is 0 Å². The molecule has 0 saturated heterocycles. The molecule has 2 aromatic rings. The average molecular weight is 397 g/mol. The quantitative estimate of drug-likeness (QED) is 0.751. The highest BCUT2D eigenvalue weighted by atomic mass is 16.7. The summed E-state index contributed by atoms with van der Waals surface area (Å²) in [6.07, 6.45) is 0. The number of nitrogens with zero attached hydrogens (tertiary/aromatic N) is 1. The number of anilines is 1. The largest absolute Gasteiger partial charge is 0.454 e. The lowest BCUT2D eigenvalue weighted by Crippen LogP contribution is -2.45. The van der Waals surface area contributed by atoms with Crippen molar-refractivity contribution in [1.82, 2.24) is 10.2 Å². The third-order valence-electron chi connectivity index (χ3n) is 5.00. The van der Waals surface area contributed by atoms with Gasteiger partial charge in [-0.15, -0.1) is 0 Å². The number of carbonyl (C=O) groups is 2. The van der Waals surface area contributed by atoms with Gasteiger partial charge in [-0.05, 0) is 62.7 Å². The van der Waals surface area contributed by atoms with E-state index in [0.29, 0.717) is 18.0 Å². The number of amides is 2. The van der Waals surface area contributed by atoms with E-state index in [2.05, 4.69) is 10.6 Å². The van der Waals surface area contributed by atoms with Crippen molar-refractivity contribution in [2.75, 3.05) is 25.7 Å². The van der Waals surface area contributed by atoms with Crippen molar-refractivity contribution in [3.8, 4) is 11.5 Å². The van der Waals surface area contributed by atoms with Crippen LogP contribution in [0.5, 0.6) is 11.5 Å². The molecular weight excluding hydrogens is 370 g/mol. The minimum Gasteiger partial charge on any atom is -0.454 e. The van der Waals surface area contributed by atoms with Crippen LogP contribution < -0.4 is 20.1 Å². The molecule has 7 nitrogen and oxygen atoms in total. The first-order chi connectivity index (χ1) is 13.8. The van der Waals surface area contributed by atoms with E-state index in [-0.39, 0.29) is 25.2 Å². The third kappa shape index (κ3) is 5.26. The molecule has 7 heteroatoms. The number of aryl methyl sites for hydroxylation is 2. The van der Waals surface area contributed by atoms with E-state index in [4.69, 9.17) is 9.47 Å². The van der Waals surface area contributed by atoms with Crippen molar-refractivity contribution in [2.45, 2.75) is 33.4 Å². The summed E-state index contributed by atoms with van der Waals surface area (Å²) >= 11 is 0. The van der Waals surface area contributed by atoms with Crippen LogP contribution in [0.1, 0.15) is 23.6 Å². The molecule has 1 heterocycles. The van der Waals surface area contributed by atoms with Crippen molar-refractivity contribution in [3.05, 3.63) is 53.1 Å². The van der Waals surface area contributed by atoms with Crippen LogP contribution >= 0.6 is 0 Å². The van der Waals surface area contributed by atoms with E-state index < -0.39 is 6.04 Å². The molecule has 1 atom stereocenters. The van der Waals surface area contributed by atoms with E-state index in [1.54, 1.807) is 18.9 Å². The highest BCUT2D eigenvalue weighted by Gasteiger charge is 2.21.